The second kappa shape index (κ2) is 7.99. The van der Waals surface area contributed by atoms with E-state index in [0.29, 0.717) is 32.1 Å². The molecule has 1 rings (SSSR count). The summed E-state index contributed by atoms with van der Waals surface area (Å²) in [5.74, 6) is -0.274. The summed E-state index contributed by atoms with van der Waals surface area (Å²) in [6.45, 7) is 7.50. The highest BCUT2D eigenvalue weighted by molar-refractivity contribution is 5.74. The van der Waals surface area contributed by atoms with Crippen LogP contribution in [0.15, 0.2) is 0 Å². The Kier molecular flexibility index (Phi) is 6.62. The molecule has 1 aliphatic heterocycles. The van der Waals surface area contributed by atoms with Crippen molar-refractivity contribution in [3.8, 4) is 0 Å². The first-order valence-electron chi connectivity index (χ1n) is 7.03. The predicted octanol–water partition coefficient (Wildman–Crippen LogP) is 0.834. The molecule has 0 unspecified atom stereocenters. The Morgan fingerprint density at radius 3 is 2.21 bits per heavy atom. The summed E-state index contributed by atoms with van der Waals surface area (Å²) < 4.78 is 0. The van der Waals surface area contributed by atoms with Crippen LogP contribution in [0.3, 0.4) is 0 Å². The number of carboxylic acids is 1. The summed E-state index contributed by atoms with van der Waals surface area (Å²) in [6.07, 6.45) is 2.15. The average molecular weight is 271 g/mol. The van der Waals surface area contributed by atoms with Crippen molar-refractivity contribution in [2.24, 2.45) is 5.92 Å². The van der Waals surface area contributed by atoms with Gasteiger partial charge in [-0.25, -0.2) is 4.79 Å². The third kappa shape index (κ3) is 5.46. The van der Waals surface area contributed by atoms with Gasteiger partial charge in [0.2, 0.25) is 0 Å². The molecule has 0 aromatic rings. The van der Waals surface area contributed by atoms with Crippen molar-refractivity contribution in [1.82, 2.24) is 15.1 Å². The van der Waals surface area contributed by atoms with Crippen LogP contribution >= 0.6 is 0 Å². The van der Waals surface area contributed by atoms with Crippen molar-refractivity contribution in [3.63, 3.8) is 0 Å². The van der Waals surface area contributed by atoms with Crippen LogP contribution in [0.2, 0.25) is 0 Å². The van der Waals surface area contributed by atoms with E-state index < -0.39 is 5.97 Å². The van der Waals surface area contributed by atoms with Crippen LogP contribution in [-0.4, -0.2) is 66.2 Å². The van der Waals surface area contributed by atoms with Crippen LogP contribution < -0.4 is 5.32 Å². The first kappa shape index (κ1) is 15.8. The number of amides is 2. The lowest BCUT2D eigenvalue weighted by Gasteiger charge is -2.34. The fourth-order valence-corrected chi connectivity index (χ4v) is 2.22. The van der Waals surface area contributed by atoms with E-state index >= 15 is 0 Å². The maximum atomic E-state index is 11.9. The van der Waals surface area contributed by atoms with Gasteiger partial charge < -0.3 is 15.3 Å². The number of piperazine rings is 1. The van der Waals surface area contributed by atoms with Gasteiger partial charge in [0.05, 0.1) is 6.54 Å². The minimum absolute atomic E-state index is 0.0260. The number of urea groups is 1. The fraction of sp³-hybridized carbons (Fsp3) is 0.846. The van der Waals surface area contributed by atoms with Gasteiger partial charge in [-0.05, 0) is 5.92 Å². The van der Waals surface area contributed by atoms with Gasteiger partial charge in [0.25, 0.3) is 0 Å². The predicted molar refractivity (Wildman–Crippen MR) is 73.1 cm³/mol. The van der Waals surface area contributed by atoms with Crippen molar-refractivity contribution in [1.29, 1.82) is 0 Å². The summed E-state index contributed by atoms with van der Waals surface area (Å²) in [7, 11) is 0. The highest BCUT2D eigenvalue weighted by Crippen LogP contribution is 2.06. The van der Waals surface area contributed by atoms with E-state index in [1.54, 1.807) is 4.90 Å². The number of nitrogens with one attached hydrogen (secondary N) is 1. The maximum absolute atomic E-state index is 11.9. The van der Waals surface area contributed by atoms with Gasteiger partial charge in [0, 0.05) is 32.7 Å². The molecule has 0 spiro atoms. The molecule has 6 heteroatoms. The van der Waals surface area contributed by atoms with E-state index in [4.69, 9.17) is 5.11 Å². The molecule has 0 aromatic carbocycles. The van der Waals surface area contributed by atoms with Crippen LogP contribution in [0.1, 0.15) is 26.7 Å². The quantitative estimate of drug-likeness (QED) is 0.750. The lowest BCUT2D eigenvalue weighted by atomic mass is 10.0. The molecule has 110 valence electrons. The van der Waals surface area contributed by atoms with Crippen LogP contribution in [-0.2, 0) is 4.79 Å². The van der Waals surface area contributed by atoms with Crippen LogP contribution in [0.5, 0.6) is 0 Å². The minimum atomic E-state index is -0.813. The topological polar surface area (TPSA) is 72.9 Å². The Morgan fingerprint density at radius 2 is 1.74 bits per heavy atom. The largest absolute Gasteiger partial charge is 0.480 e. The molecule has 0 radical (unpaired) electrons. The average Bonchev–Trinajstić information content (AvgIpc) is 2.39. The van der Waals surface area contributed by atoms with Gasteiger partial charge in [0.15, 0.2) is 0 Å². The second-order valence-corrected chi connectivity index (χ2v) is 5.03. The number of hydrogen-bond acceptors (Lipinski definition) is 3. The first-order chi connectivity index (χ1) is 9.06. The summed E-state index contributed by atoms with van der Waals surface area (Å²) in [5, 5.41) is 11.7. The van der Waals surface area contributed by atoms with E-state index in [1.165, 1.54) is 0 Å². The SMILES string of the molecule is CCC(CC)CNC(=O)N1CCN(CC(=O)O)CC1. The normalized spacial score (nSPS) is 16.7. The number of carbonyl (C=O) groups is 2. The zero-order valence-electron chi connectivity index (χ0n) is 11.9. The van der Waals surface area contributed by atoms with Crippen molar-refractivity contribution in [2.75, 3.05) is 39.3 Å². The van der Waals surface area contributed by atoms with Crippen LogP contribution in [0.4, 0.5) is 4.79 Å². The van der Waals surface area contributed by atoms with Gasteiger partial charge in [-0.1, -0.05) is 26.7 Å². The molecular weight excluding hydrogens is 246 g/mol. The highest BCUT2D eigenvalue weighted by atomic mass is 16.4. The summed E-state index contributed by atoms with van der Waals surface area (Å²) in [5.41, 5.74) is 0. The molecule has 0 saturated carbocycles. The van der Waals surface area contributed by atoms with Crippen molar-refractivity contribution >= 4 is 12.0 Å². The molecule has 19 heavy (non-hydrogen) atoms. The third-order valence-corrected chi connectivity index (χ3v) is 3.72. The van der Waals surface area contributed by atoms with Gasteiger partial charge in [-0.3, -0.25) is 9.69 Å². The van der Waals surface area contributed by atoms with Crippen molar-refractivity contribution in [3.05, 3.63) is 0 Å². The molecule has 1 aliphatic rings. The van der Waals surface area contributed by atoms with Gasteiger partial charge in [-0.15, -0.1) is 0 Å². The number of carbonyl (C=O) groups excluding carboxylic acids is 1. The number of carboxylic acid groups (broad SMARTS) is 1. The third-order valence-electron chi connectivity index (χ3n) is 3.72. The minimum Gasteiger partial charge on any atom is -0.480 e. The lowest BCUT2D eigenvalue weighted by molar-refractivity contribution is -0.138. The molecule has 2 N–H and O–H groups in total. The molecule has 0 aromatic heterocycles. The number of hydrogen-bond donors (Lipinski definition) is 2. The maximum Gasteiger partial charge on any atom is 0.317 e. The molecule has 1 saturated heterocycles. The zero-order valence-corrected chi connectivity index (χ0v) is 11.9. The van der Waals surface area contributed by atoms with E-state index in [2.05, 4.69) is 19.2 Å². The fourth-order valence-electron chi connectivity index (χ4n) is 2.22. The van der Waals surface area contributed by atoms with Gasteiger partial charge in [0.1, 0.15) is 0 Å². The molecule has 1 heterocycles. The molecular formula is C13H25N3O3. The van der Waals surface area contributed by atoms with Crippen molar-refractivity contribution in [2.45, 2.75) is 26.7 Å². The summed E-state index contributed by atoms with van der Waals surface area (Å²) >= 11 is 0. The van der Waals surface area contributed by atoms with Gasteiger partial charge >= 0.3 is 12.0 Å². The smallest absolute Gasteiger partial charge is 0.317 e. The monoisotopic (exact) mass is 271 g/mol. The number of nitrogens with zero attached hydrogens (tertiary/aromatic N) is 2. The standard InChI is InChI=1S/C13H25N3O3/c1-3-11(4-2)9-14-13(19)16-7-5-15(6-8-16)10-12(17)18/h11H,3-10H2,1-2H3,(H,14,19)(H,17,18). The van der Waals surface area contributed by atoms with E-state index in [1.807, 2.05) is 4.90 Å². The molecule has 6 nitrogen and oxygen atoms in total. The number of aliphatic carboxylic acids is 1. The Balaban J connectivity index is 2.26. The Hall–Kier alpha value is -1.30. The molecule has 0 atom stereocenters. The van der Waals surface area contributed by atoms with E-state index in [0.717, 1.165) is 19.4 Å². The lowest BCUT2D eigenvalue weighted by Crippen LogP contribution is -2.53. The summed E-state index contributed by atoms with van der Waals surface area (Å²) in [6, 6.07) is -0.0260. The van der Waals surface area contributed by atoms with Crippen LogP contribution in [0.25, 0.3) is 0 Å². The molecule has 2 amide bonds. The van der Waals surface area contributed by atoms with Crippen LogP contribution in [0, 0.1) is 5.92 Å². The highest BCUT2D eigenvalue weighted by Gasteiger charge is 2.22. The first-order valence-corrected chi connectivity index (χ1v) is 7.03. The van der Waals surface area contributed by atoms with Crippen molar-refractivity contribution < 1.29 is 14.7 Å². The van der Waals surface area contributed by atoms with E-state index in [9.17, 15) is 9.59 Å². The Labute approximate surface area is 114 Å². The second-order valence-electron chi connectivity index (χ2n) is 5.03. The van der Waals surface area contributed by atoms with E-state index in [-0.39, 0.29) is 12.6 Å². The number of rotatable bonds is 6. The Morgan fingerprint density at radius 1 is 1.16 bits per heavy atom. The molecule has 0 bridgehead atoms. The summed E-state index contributed by atoms with van der Waals surface area (Å²) in [4.78, 5) is 26.2. The molecule has 0 aliphatic carbocycles. The molecule has 1 fully saturated rings. The Bertz CT molecular complexity index is 298. The zero-order chi connectivity index (χ0) is 14.3. The van der Waals surface area contributed by atoms with Gasteiger partial charge in [-0.2, -0.15) is 0 Å².